The summed E-state index contributed by atoms with van der Waals surface area (Å²) in [5.74, 6) is 0. The summed E-state index contributed by atoms with van der Waals surface area (Å²) < 4.78 is 0. The summed E-state index contributed by atoms with van der Waals surface area (Å²) in [5, 5.41) is 15.3. The standard InChI is InChI=1S/C2H8N2.CH2O3.Na/c3-1-2-4;2-1(3)4;/h1-4H2;(H2,2,3,4);/q;;+1/p-1. The fourth-order valence-corrected chi connectivity index (χ4v) is 0. The van der Waals surface area contributed by atoms with Gasteiger partial charge >= 0.3 is 29.6 Å². The molecule has 0 saturated carbocycles. The Morgan fingerprint density at radius 1 is 1.44 bits per heavy atom. The van der Waals surface area contributed by atoms with Gasteiger partial charge in [-0.15, -0.1) is 0 Å². The summed E-state index contributed by atoms with van der Waals surface area (Å²) in [6.07, 6.45) is -2.08. The number of nitrogens with two attached hydrogens (primary N) is 2. The summed E-state index contributed by atoms with van der Waals surface area (Å²) in [4.78, 5) is 8.44. The number of hydrogen-bond acceptors (Lipinski definition) is 4. The molecular weight excluding hydrogens is 135 g/mol. The predicted molar refractivity (Wildman–Crippen MR) is 26.1 cm³/mol. The van der Waals surface area contributed by atoms with E-state index in [1.807, 2.05) is 0 Å². The van der Waals surface area contributed by atoms with Gasteiger partial charge in [-0.05, 0) is 0 Å². The van der Waals surface area contributed by atoms with Gasteiger partial charge in [0.25, 0.3) is 0 Å². The second-order valence-electron chi connectivity index (χ2n) is 0.843. The third-order valence-electron chi connectivity index (χ3n) is 0.167. The molecule has 0 unspecified atom stereocenters. The molecule has 5 nitrogen and oxygen atoms in total. The van der Waals surface area contributed by atoms with Crippen LogP contribution in [0.1, 0.15) is 0 Å². The van der Waals surface area contributed by atoms with Crippen LogP contribution >= 0.6 is 0 Å². The maximum atomic E-state index is 8.44. The maximum Gasteiger partial charge on any atom is 1.00 e. The zero-order chi connectivity index (χ0) is 6.99. The molecule has 0 saturated heterocycles. The Hall–Kier alpha value is 0.190. The van der Waals surface area contributed by atoms with Crippen molar-refractivity contribution in [2.75, 3.05) is 13.1 Å². The molecule has 0 rings (SSSR count). The molecule has 50 valence electrons. The molecular formula is C3H9N2NaO3. The largest absolute Gasteiger partial charge is 1.00 e. The van der Waals surface area contributed by atoms with E-state index in [-0.39, 0.29) is 29.6 Å². The van der Waals surface area contributed by atoms with Gasteiger partial charge in [-0.25, -0.2) is 0 Å². The second-order valence-corrected chi connectivity index (χ2v) is 0.843. The van der Waals surface area contributed by atoms with Crippen LogP contribution in [-0.4, -0.2) is 24.4 Å². The first-order valence-corrected chi connectivity index (χ1v) is 1.95. The molecule has 5 N–H and O–H groups in total. The average Bonchev–Trinajstić information content (AvgIpc) is 1.65. The molecule has 0 heterocycles. The van der Waals surface area contributed by atoms with Crippen LogP contribution in [-0.2, 0) is 0 Å². The molecule has 6 heteroatoms. The second kappa shape index (κ2) is 15.7. The number of hydrogen-bond donors (Lipinski definition) is 3. The van der Waals surface area contributed by atoms with Gasteiger partial charge in [-0.3, -0.25) is 0 Å². The summed E-state index contributed by atoms with van der Waals surface area (Å²) in [7, 11) is 0. The SMILES string of the molecule is NCCN.O=C([O-])O.[Na+]. The van der Waals surface area contributed by atoms with E-state index in [1.54, 1.807) is 0 Å². The van der Waals surface area contributed by atoms with E-state index >= 15 is 0 Å². The third kappa shape index (κ3) is 222. The number of rotatable bonds is 1. The van der Waals surface area contributed by atoms with Crippen LogP contribution in [0.15, 0.2) is 0 Å². The van der Waals surface area contributed by atoms with Crippen LogP contribution < -0.4 is 46.1 Å². The van der Waals surface area contributed by atoms with E-state index in [0.717, 1.165) is 0 Å². The molecule has 0 fully saturated rings. The number of carbonyl (C=O) groups is 1. The van der Waals surface area contributed by atoms with Gasteiger partial charge in [-0.2, -0.15) is 0 Å². The summed E-state index contributed by atoms with van der Waals surface area (Å²) in [6.45, 7) is 1.19. The van der Waals surface area contributed by atoms with Crippen LogP contribution in [0.4, 0.5) is 4.79 Å². The first-order chi connectivity index (χ1) is 3.65. The summed E-state index contributed by atoms with van der Waals surface area (Å²) in [6, 6.07) is 0. The van der Waals surface area contributed by atoms with Crippen LogP contribution in [0.2, 0.25) is 0 Å². The summed E-state index contributed by atoms with van der Waals surface area (Å²) in [5.41, 5.74) is 9.81. The van der Waals surface area contributed by atoms with Gasteiger partial charge in [0.15, 0.2) is 0 Å². The van der Waals surface area contributed by atoms with Gasteiger partial charge < -0.3 is 26.5 Å². The average molecular weight is 144 g/mol. The minimum atomic E-state index is -2.08. The van der Waals surface area contributed by atoms with Gasteiger partial charge in [-0.1, -0.05) is 0 Å². The predicted octanol–water partition coefficient (Wildman–Crippen LogP) is -5.20. The molecule has 0 spiro atoms. The van der Waals surface area contributed by atoms with Crippen molar-refractivity contribution in [3.63, 3.8) is 0 Å². The molecule has 0 radical (unpaired) electrons. The van der Waals surface area contributed by atoms with Crippen molar-refractivity contribution in [1.29, 1.82) is 0 Å². The molecule has 0 atom stereocenters. The first kappa shape index (κ1) is 16.1. The van der Waals surface area contributed by atoms with Crippen LogP contribution in [0.5, 0.6) is 0 Å². The molecule has 0 bridgehead atoms. The van der Waals surface area contributed by atoms with Crippen molar-refractivity contribution in [2.24, 2.45) is 11.5 Å². The Morgan fingerprint density at radius 2 is 1.56 bits per heavy atom. The van der Waals surface area contributed by atoms with E-state index in [9.17, 15) is 0 Å². The molecule has 0 aliphatic carbocycles. The fourth-order valence-electron chi connectivity index (χ4n) is 0. The molecule has 0 aromatic rings. The van der Waals surface area contributed by atoms with E-state index in [0.29, 0.717) is 13.1 Å². The van der Waals surface area contributed by atoms with E-state index < -0.39 is 6.16 Å². The Kier molecular flexibility index (Phi) is 28.1. The van der Waals surface area contributed by atoms with Gasteiger partial charge in [0.05, 0.1) is 0 Å². The van der Waals surface area contributed by atoms with Crippen molar-refractivity contribution in [2.45, 2.75) is 0 Å². The fraction of sp³-hybridized carbons (Fsp3) is 0.667. The van der Waals surface area contributed by atoms with E-state index in [2.05, 4.69) is 0 Å². The zero-order valence-corrected chi connectivity index (χ0v) is 7.33. The third-order valence-corrected chi connectivity index (χ3v) is 0.167. The van der Waals surface area contributed by atoms with E-state index in [4.69, 9.17) is 26.5 Å². The Labute approximate surface area is 75.3 Å². The Balaban J connectivity index is -0.0000000720. The number of carboxylic acid groups (broad SMARTS) is 2. The molecule has 0 amide bonds. The van der Waals surface area contributed by atoms with Crippen LogP contribution in [0.3, 0.4) is 0 Å². The van der Waals surface area contributed by atoms with Crippen molar-refractivity contribution in [3.05, 3.63) is 0 Å². The Morgan fingerprint density at radius 3 is 1.56 bits per heavy atom. The monoisotopic (exact) mass is 144 g/mol. The van der Waals surface area contributed by atoms with Crippen molar-refractivity contribution in [1.82, 2.24) is 0 Å². The zero-order valence-electron chi connectivity index (χ0n) is 5.33. The van der Waals surface area contributed by atoms with Crippen molar-refractivity contribution in [3.8, 4) is 0 Å². The van der Waals surface area contributed by atoms with E-state index in [1.165, 1.54) is 0 Å². The van der Waals surface area contributed by atoms with Gasteiger partial charge in [0, 0.05) is 13.1 Å². The van der Waals surface area contributed by atoms with Crippen LogP contribution in [0, 0.1) is 0 Å². The Bertz CT molecular complexity index is 55.0. The normalized spacial score (nSPS) is 6.00. The molecule has 0 aromatic heterocycles. The van der Waals surface area contributed by atoms with Crippen LogP contribution in [0.25, 0.3) is 0 Å². The van der Waals surface area contributed by atoms with Crippen molar-refractivity contribution >= 4 is 6.16 Å². The molecule has 9 heavy (non-hydrogen) atoms. The van der Waals surface area contributed by atoms with Gasteiger partial charge in [0.1, 0.15) is 0 Å². The van der Waals surface area contributed by atoms with Crippen molar-refractivity contribution < 1.29 is 44.6 Å². The molecule has 0 aromatic carbocycles. The smallest absolute Gasteiger partial charge is 0.565 e. The minimum absolute atomic E-state index is 0. The van der Waals surface area contributed by atoms with Gasteiger partial charge in [0.2, 0.25) is 6.16 Å². The molecule has 0 aliphatic rings. The quantitative estimate of drug-likeness (QED) is 0.318. The molecule has 0 aliphatic heterocycles. The topological polar surface area (TPSA) is 112 Å². The first-order valence-electron chi connectivity index (χ1n) is 1.95. The minimum Gasteiger partial charge on any atom is -0.565 e. The maximum absolute atomic E-state index is 8.44. The summed E-state index contributed by atoms with van der Waals surface area (Å²) >= 11 is 0.